The highest BCUT2D eigenvalue weighted by Crippen LogP contribution is 2.43. The summed E-state index contributed by atoms with van der Waals surface area (Å²) in [7, 11) is 1.45. The van der Waals surface area contributed by atoms with Gasteiger partial charge in [0.15, 0.2) is 6.10 Å². The van der Waals surface area contributed by atoms with Gasteiger partial charge in [-0.3, -0.25) is 18.6 Å². The first-order valence-electron chi connectivity index (χ1n) is 21.7. The number of carbonyl (C=O) groups is 2. The zero-order valence-electron chi connectivity index (χ0n) is 35.5. The molecular formula is C44H83NO8P+. The van der Waals surface area contributed by atoms with Crippen molar-refractivity contribution in [2.75, 3.05) is 47.5 Å². The zero-order valence-corrected chi connectivity index (χ0v) is 36.3. The van der Waals surface area contributed by atoms with Gasteiger partial charge in [-0.25, -0.2) is 4.57 Å². The molecular weight excluding hydrogens is 701 g/mol. The van der Waals surface area contributed by atoms with E-state index in [9.17, 15) is 19.0 Å². The first-order valence-corrected chi connectivity index (χ1v) is 23.2. The molecule has 0 heterocycles. The number of quaternary nitrogens is 1. The number of allylic oxidation sites excluding steroid dienone is 6. The second kappa shape index (κ2) is 36.8. The van der Waals surface area contributed by atoms with E-state index in [0.29, 0.717) is 17.4 Å². The maximum atomic E-state index is 12.7. The van der Waals surface area contributed by atoms with Crippen molar-refractivity contribution in [3.63, 3.8) is 0 Å². The number of rotatable bonds is 39. The number of unbranched alkanes of at least 4 members (excludes halogenated alkanes) is 20. The monoisotopic (exact) mass is 785 g/mol. The van der Waals surface area contributed by atoms with E-state index in [2.05, 4.69) is 50.3 Å². The van der Waals surface area contributed by atoms with Crippen LogP contribution in [-0.4, -0.2) is 74.9 Å². The number of phosphoric acid groups is 1. The summed E-state index contributed by atoms with van der Waals surface area (Å²) in [4.78, 5) is 35.3. The highest BCUT2D eigenvalue weighted by Gasteiger charge is 2.27. The van der Waals surface area contributed by atoms with Gasteiger partial charge in [0.25, 0.3) is 0 Å². The van der Waals surface area contributed by atoms with Crippen LogP contribution in [-0.2, 0) is 32.7 Å². The number of hydrogen-bond donors (Lipinski definition) is 1. The van der Waals surface area contributed by atoms with Crippen molar-refractivity contribution in [2.45, 2.75) is 187 Å². The van der Waals surface area contributed by atoms with E-state index in [-0.39, 0.29) is 32.0 Å². The molecule has 0 aliphatic carbocycles. The first-order chi connectivity index (χ1) is 26.0. The van der Waals surface area contributed by atoms with E-state index in [0.717, 1.165) is 64.2 Å². The lowest BCUT2D eigenvalue weighted by Gasteiger charge is -2.24. The highest BCUT2D eigenvalue weighted by molar-refractivity contribution is 7.47. The number of likely N-dealkylation sites (N-methyl/N-ethyl adjacent to an activating group) is 1. The summed E-state index contributed by atoms with van der Waals surface area (Å²) in [5, 5.41) is 0. The van der Waals surface area contributed by atoms with E-state index >= 15 is 0 Å². The number of carbonyl (C=O) groups excluding carboxylic acids is 2. The van der Waals surface area contributed by atoms with Gasteiger partial charge in [0.2, 0.25) is 0 Å². The summed E-state index contributed by atoms with van der Waals surface area (Å²) < 4.78 is 34.2. The minimum absolute atomic E-state index is 0.0255. The number of esters is 2. The summed E-state index contributed by atoms with van der Waals surface area (Å²) >= 11 is 0. The Balaban J connectivity index is 4.43. The molecule has 0 saturated heterocycles. The van der Waals surface area contributed by atoms with Crippen molar-refractivity contribution >= 4 is 19.8 Å². The van der Waals surface area contributed by atoms with E-state index in [1.165, 1.54) is 83.5 Å². The largest absolute Gasteiger partial charge is 0.472 e. The van der Waals surface area contributed by atoms with E-state index in [1.807, 2.05) is 21.1 Å². The van der Waals surface area contributed by atoms with E-state index in [4.69, 9.17) is 18.5 Å². The van der Waals surface area contributed by atoms with Crippen LogP contribution in [0.5, 0.6) is 0 Å². The fourth-order valence-corrected chi connectivity index (χ4v) is 6.45. The van der Waals surface area contributed by atoms with Crippen molar-refractivity contribution in [2.24, 2.45) is 0 Å². The summed E-state index contributed by atoms with van der Waals surface area (Å²) in [6, 6.07) is 0. The molecule has 54 heavy (non-hydrogen) atoms. The molecule has 0 saturated carbocycles. The molecule has 0 amide bonds. The van der Waals surface area contributed by atoms with Crippen LogP contribution in [0.3, 0.4) is 0 Å². The molecule has 1 N–H and O–H groups in total. The van der Waals surface area contributed by atoms with Crippen LogP contribution >= 0.6 is 7.82 Å². The fourth-order valence-electron chi connectivity index (χ4n) is 5.70. The van der Waals surface area contributed by atoms with Crippen molar-refractivity contribution in [3.8, 4) is 0 Å². The van der Waals surface area contributed by atoms with Crippen molar-refractivity contribution in [3.05, 3.63) is 36.5 Å². The summed E-state index contributed by atoms with van der Waals surface area (Å²) in [6.45, 7) is 4.36. The normalized spacial score (nSPS) is 14.0. The standard InChI is InChI=1S/C44H82NO8P/c1-6-8-10-12-14-16-18-20-22-24-26-28-30-32-34-36-43(46)50-40-42(41-52-54(48,49)51-39-38-45(3,4)5)53-44(47)37-35-33-31-29-27-25-23-21-19-17-15-13-11-9-7-2/h16,18,20,22,27,29,42H,6-15,17,19,21,23-26,28,30-41H2,1-5H3/p+1/b18-16+,22-20+,29-27+/t42-/m1/s1. The Bertz CT molecular complexity index is 1020. The third-order valence-electron chi connectivity index (χ3n) is 9.17. The number of ether oxygens (including phenoxy) is 2. The Labute approximate surface area is 331 Å². The average Bonchev–Trinajstić information content (AvgIpc) is 3.12. The van der Waals surface area contributed by atoms with Gasteiger partial charge >= 0.3 is 19.8 Å². The topological polar surface area (TPSA) is 108 Å². The highest BCUT2D eigenvalue weighted by atomic mass is 31.2. The second-order valence-corrected chi connectivity index (χ2v) is 17.2. The number of phosphoric ester groups is 1. The molecule has 0 rings (SSSR count). The summed E-state index contributed by atoms with van der Waals surface area (Å²) in [5.74, 6) is -0.841. The molecule has 2 atom stereocenters. The molecule has 0 aliphatic rings. The third kappa shape index (κ3) is 39.9. The van der Waals surface area contributed by atoms with Gasteiger partial charge in [-0.1, -0.05) is 140 Å². The molecule has 1 unspecified atom stereocenters. The Morgan fingerprint density at radius 3 is 1.54 bits per heavy atom. The van der Waals surface area contributed by atoms with Gasteiger partial charge in [-0.2, -0.15) is 0 Å². The molecule has 316 valence electrons. The second-order valence-electron chi connectivity index (χ2n) is 15.8. The lowest BCUT2D eigenvalue weighted by atomic mass is 10.1. The van der Waals surface area contributed by atoms with Gasteiger partial charge in [-0.15, -0.1) is 0 Å². The van der Waals surface area contributed by atoms with Gasteiger partial charge in [0.05, 0.1) is 27.7 Å². The molecule has 0 aromatic rings. The maximum absolute atomic E-state index is 12.7. The molecule has 0 aromatic heterocycles. The Hall–Kier alpha value is -1.77. The quantitative estimate of drug-likeness (QED) is 0.0164. The van der Waals surface area contributed by atoms with E-state index < -0.39 is 26.5 Å². The fraction of sp³-hybridized carbons (Fsp3) is 0.818. The van der Waals surface area contributed by atoms with Crippen LogP contribution in [0, 0.1) is 0 Å². The van der Waals surface area contributed by atoms with Gasteiger partial charge in [0, 0.05) is 12.8 Å². The first kappa shape index (κ1) is 52.2. The number of nitrogens with zero attached hydrogens (tertiary/aromatic N) is 1. The zero-order chi connectivity index (χ0) is 40.0. The van der Waals surface area contributed by atoms with E-state index in [1.54, 1.807) is 0 Å². The average molecular weight is 785 g/mol. The van der Waals surface area contributed by atoms with Crippen molar-refractivity contribution in [1.82, 2.24) is 0 Å². The molecule has 0 bridgehead atoms. The molecule has 0 spiro atoms. The van der Waals surface area contributed by atoms with Crippen molar-refractivity contribution < 1.29 is 42.1 Å². The molecule has 10 heteroatoms. The minimum atomic E-state index is -4.38. The Kier molecular flexibility index (Phi) is 35.6. The predicted molar refractivity (Wildman–Crippen MR) is 224 cm³/mol. The third-order valence-corrected chi connectivity index (χ3v) is 10.2. The maximum Gasteiger partial charge on any atom is 0.472 e. The van der Waals surface area contributed by atoms with Crippen molar-refractivity contribution in [1.29, 1.82) is 0 Å². The molecule has 9 nitrogen and oxygen atoms in total. The van der Waals surface area contributed by atoms with Gasteiger partial charge in [0.1, 0.15) is 19.8 Å². The lowest BCUT2D eigenvalue weighted by Crippen LogP contribution is -2.37. The van der Waals surface area contributed by atoms with Crippen LogP contribution in [0.4, 0.5) is 0 Å². The van der Waals surface area contributed by atoms with Crippen LogP contribution in [0.15, 0.2) is 36.5 Å². The summed E-state index contributed by atoms with van der Waals surface area (Å²) in [6.07, 6.45) is 40.5. The van der Waals surface area contributed by atoms with Gasteiger partial charge in [-0.05, 0) is 64.2 Å². The molecule has 0 radical (unpaired) electrons. The van der Waals surface area contributed by atoms with Crippen LogP contribution < -0.4 is 0 Å². The smallest absolute Gasteiger partial charge is 0.462 e. The molecule has 0 fully saturated rings. The SMILES string of the molecule is CCCCCC/C=C/C=C/CCCCCCCC(=O)OC[C@H](COP(=O)(O)OCC[N+](C)(C)C)OC(=O)CCCC/C=C/CCCCCCCCCCC. The minimum Gasteiger partial charge on any atom is -0.462 e. The Morgan fingerprint density at radius 2 is 1.00 bits per heavy atom. The molecule has 0 aliphatic heterocycles. The Morgan fingerprint density at radius 1 is 0.574 bits per heavy atom. The molecule has 0 aromatic carbocycles. The summed E-state index contributed by atoms with van der Waals surface area (Å²) in [5.41, 5.74) is 0. The lowest BCUT2D eigenvalue weighted by molar-refractivity contribution is -0.870. The predicted octanol–water partition coefficient (Wildman–Crippen LogP) is 12.1. The van der Waals surface area contributed by atoms with Crippen LogP contribution in [0.25, 0.3) is 0 Å². The van der Waals surface area contributed by atoms with Crippen LogP contribution in [0.1, 0.15) is 181 Å². The van der Waals surface area contributed by atoms with Crippen LogP contribution in [0.2, 0.25) is 0 Å². The van der Waals surface area contributed by atoms with Gasteiger partial charge < -0.3 is 18.9 Å². The number of hydrogen-bond acceptors (Lipinski definition) is 7.